The second-order valence-electron chi connectivity index (χ2n) is 6.10. The highest BCUT2D eigenvalue weighted by Crippen LogP contribution is 2.07. The summed E-state index contributed by atoms with van der Waals surface area (Å²) < 4.78 is 1.03. The minimum Gasteiger partial charge on any atom is -0.352 e. The van der Waals surface area contributed by atoms with E-state index in [2.05, 4.69) is 33.4 Å². The zero-order valence-corrected chi connectivity index (χ0v) is 13.3. The Kier molecular flexibility index (Phi) is 9.61. The number of hydrogen-bond donors (Lipinski definition) is 3. The van der Waals surface area contributed by atoms with E-state index in [1.54, 1.807) is 0 Å². The average molecular weight is 274 g/mol. The number of quaternary nitrogens is 2. The molecule has 0 saturated heterocycles. The van der Waals surface area contributed by atoms with Crippen LogP contribution in [0.1, 0.15) is 32.6 Å². The molecule has 19 heavy (non-hydrogen) atoms. The Labute approximate surface area is 118 Å². The summed E-state index contributed by atoms with van der Waals surface area (Å²) in [6.07, 6.45) is 5.04. The molecule has 0 aromatic rings. The SMILES string of the molecule is CCC[N+](C)(CCCCC[NH+](C)C)CCNC(N)=O. The molecule has 1 atom stereocenters. The maximum atomic E-state index is 10.7. The summed E-state index contributed by atoms with van der Waals surface area (Å²) in [5.74, 6) is 0. The molecule has 0 rings (SSSR count). The van der Waals surface area contributed by atoms with Crippen LogP contribution in [0.4, 0.5) is 4.79 Å². The summed E-state index contributed by atoms with van der Waals surface area (Å²) in [5, 5.41) is 2.70. The van der Waals surface area contributed by atoms with Crippen molar-refractivity contribution >= 4 is 6.03 Å². The molecule has 0 heterocycles. The molecule has 0 aliphatic heterocycles. The van der Waals surface area contributed by atoms with Crippen molar-refractivity contribution in [2.75, 3.05) is 53.9 Å². The molecular weight excluding hydrogens is 240 g/mol. The quantitative estimate of drug-likeness (QED) is 0.355. The molecule has 0 aromatic carbocycles. The number of carbonyl (C=O) groups excluding carboxylic acids is 1. The van der Waals surface area contributed by atoms with Crippen LogP contribution in [0, 0.1) is 0 Å². The van der Waals surface area contributed by atoms with Crippen molar-refractivity contribution in [2.24, 2.45) is 5.73 Å². The number of likely N-dealkylation sites (N-methyl/N-ethyl adjacent to an activating group) is 1. The largest absolute Gasteiger partial charge is 0.352 e. The van der Waals surface area contributed by atoms with Crippen LogP contribution >= 0.6 is 0 Å². The number of primary amides is 1. The van der Waals surface area contributed by atoms with Gasteiger partial charge in [-0.15, -0.1) is 0 Å². The van der Waals surface area contributed by atoms with Gasteiger partial charge in [0, 0.05) is 0 Å². The Morgan fingerprint density at radius 1 is 1.16 bits per heavy atom. The van der Waals surface area contributed by atoms with Gasteiger partial charge in [-0.25, -0.2) is 4.79 Å². The zero-order chi connectivity index (χ0) is 14.7. The van der Waals surface area contributed by atoms with Crippen molar-refractivity contribution in [3.05, 3.63) is 0 Å². The van der Waals surface area contributed by atoms with Crippen LogP contribution in [0.15, 0.2) is 0 Å². The van der Waals surface area contributed by atoms with Crippen molar-refractivity contribution in [1.29, 1.82) is 0 Å². The smallest absolute Gasteiger partial charge is 0.312 e. The van der Waals surface area contributed by atoms with E-state index in [4.69, 9.17) is 5.73 Å². The molecule has 0 fully saturated rings. The highest BCUT2D eigenvalue weighted by molar-refractivity contribution is 5.71. The van der Waals surface area contributed by atoms with Crippen LogP contribution < -0.4 is 16.0 Å². The molecule has 1 unspecified atom stereocenters. The van der Waals surface area contributed by atoms with Gasteiger partial charge in [0.1, 0.15) is 0 Å². The lowest BCUT2D eigenvalue weighted by molar-refractivity contribution is -0.908. The summed E-state index contributed by atoms with van der Waals surface area (Å²) in [5.41, 5.74) is 5.10. The third kappa shape index (κ3) is 10.8. The number of nitrogens with zero attached hydrogens (tertiary/aromatic N) is 1. The predicted octanol–water partition coefficient (Wildman–Crippen LogP) is -0.174. The summed E-state index contributed by atoms with van der Waals surface area (Å²) in [6.45, 7) is 7.47. The summed E-state index contributed by atoms with van der Waals surface area (Å²) in [7, 11) is 6.68. The van der Waals surface area contributed by atoms with E-state index in [1.807, 2.05) is 0 Å². The monoisotopic (exact) mass is 274 g/mol. The van der Waals surface area contributed by atoms with Crippen molar-refractivity contribution in [1.82, 2.24) is 5.32 Å². The van der Waals surface area contributed by atoms with Crippen LogP contribution in [-0.4, -0.2) is 64.4 Å². The molecule has 0 spiro atoms. The van der Waals surface area contributed by atoms with Crippen LogP contribution in [-0.2, 0) is 0 Å². The first-order valence-electron chi connectivity index (χ1n) is 7.55. The molecule has 0 radical (unpaired) electrons. The fourth-order valence-corrected chi connectivity index (χ4v) is 2.47. The van der Waals surface area contributed by atoms with E-state index in [0.717, 1.165) is 11.0 Å². The van der Waals surface area contributed by atoms with Gasteiger partial charge in [0.05, 0.1) is 53.9 Å². The topological polar surface area (TPSA) is 59.6 Å². The first-order chi connectivity index (χ1) is 8.89. The Morgan fingerprint density at radius 3 is 2.37 bits per heavy atom. The summed E-state index contributed by atoms with van der Waals surface area (Å²) >= 11 is 0. The van der Waals surface area contributed by atoms with E-state index in [1.165, 1.54) is 50.2 Å². The number of carbonyl (C=O) groups is 1. The first-order valence-corrected chi connectivity index (χ1v) is 7.55. The molecule has 5 heteroatoms. The highest BCUT2D eigenvalue weighted by atomic mass is 16.2. The van der Waals surface area contributed by atoms with Crippen molar-refractivity contribution in [3.63, 3.8) is 0 Å². The number of rotatable bonds is 11. The number of urea groups is 1. The number of nitrogens with two attached hydrogens (primary N) is 1. The first kappa shape index (κ1) is 18.2. The van der Waals surface area contributed by atoms with Gasteiger partial charge in [-0.1, -0.05) is 6.92 Å². The van der Waals surface area contributed by atoms with E-state index >= 15 is 0 Å². The highest BCUT2D eigenvalue weighted by Gasteiger charge is 2.19. The van der Waals surface area contributed by atoms with Crippen LogP contribution in [0.3, 0.4) is 0 Å². The Morgan fingerprint density at radius 2 is 1.84 bits per heavy atom. The molecule has 5 nitrogen and oxygen atoms in total. The Balaban J connectivity index is 3.90. The molecule has 0 aliphatic rings. The van der Waals surface area contributed by atoms with Gasteiger partial charge >= 0.3 is 6.03 Å². The summed E-state index contributed by atoms with van der Waals surface area (Å²) in [4.78, 5) is 12.2. The molecule has 0 aromatic heterocycles. The average Bonchev–Trinajstić information content (AvgIpc) is 2.27. The van der Waals surface area contributed by atoms with Crippen molar-refractivity contribution < 1.29 is 14.2 Å². The van der Waals surface area contributed by atoms with Gasteiger partial charge in [0.2, 0.25) is 0 Å². The molecule has 114 valence electrons. The maximum absolute atomic E-state index is 10.7. The lowest BCUT2D eigenvalue weighted by Gasteiger charge is -2.34. The Bertz CT molecular complexity index is 246. The van der Waals surface area contributed by atoms with E-state index in [9.17, 15) is 4.79 Å². The Hall–Kier alpha value is -0.810. The molecule has 2 amide bonds. The predicted molar refractivity (Wildman–Crippen MR) is 80.2 cm³/mol. The maximum Gasteiger partial charge on any atom is 0.312 e. The number of hydrogen-bond acceptors (Lipinski definition) is 1. The normalized spacial score (nSPS) is 14.4. The minimum atomic E-state index is -0.419. The fourth-order valence-electron chi connectivity index (χ4n) is 2.47. The molecule has 0 saturated carbocycles. The molecule has 4 N–H and O–H groups in total. The van der Waals surface area contributed by atoms with Gasteiger partial charge in [0.15, 0.2) is 0 Å². The van der Waals surface area contributed by atoms with Gasteiger partial charge in [-0.05, 0) is 25.7 Å². The van der Waals surface area contributed by atoms with Crippen LogP contribution in [0.5, 0.6) is 0 Å². The number of unbranched alkanes of at least 4 members (excludes halogenated alkanes) is 2. The van der Waals surface area contributed by atoms with Gasteiger partial charge in [-0.2, -0.15) is 0 Å². The number of amides is 2. The number of nitrogens with one attached hydrogen (secondary N) is 2. The van der Waals surface area contributed by atoms with Gasteiger partial charge in [-0.3, -0.25) is 0 Å². The third-order valence-electron chi connectivity index (χ3n) is 3.59. The molecular formula is C14H34N4O+2. The van der Waals surface area contributed by atoms with E-state index < -0.39 is 6.03 Å². The van der Waals surface area contributed by atoms with Crippen LogP contribution in [0.25, 0.3) is 0 Å². The van der Waals surface area contributed by atoms with Crippen LogP contribution in [0.2, 0.25) is 0 Å². The second kappa shape index (κ2) is 10.0. The standard InChI is InChI=1S/C14H32N4O/c1-5-11-18(4,13-9-16-14(15)19)12-8-6-7-10-17(2)3/h5-13H2,1-4H3,(H2-,15,16,19)/p+2. The van der Waals surface area contributed by atoms with Crippen molar-refractivity contribution in [2.45, 2.75) is 32.6 Å². The lowest BCUT2D eigenvalue weighted by Crippen LogP contribution is -3.05. The minimum absolute atomic E-state index is 0.419. The van der Waals surface area contributed by atoms with Crippen molar-refractivity contribution in [3.8, 4) is 0 Å². The lowest BCUT2D eigenvalue weighted by atomic mass is 10.2. The fraction of sp³-hybridized carbons (Fsp3) is 0.929. The second-order valence-corrected chi connectivity index (χ2v) is 6.10. The van der Waals surface area contributed by atoms with E-state index in [-0.39, 0.29) is 0 Å². The molecule has 0 bridgehead atoms. The summed E-state index contributed by atoms with van der Waals surface area (Å²) in [6, 6.07) is -0.419. The molecule has 0 aliphatic carbocycles. The van der Waals surface area contributed by atoms with E-state index in [0.29, 0.717) is 6.54 Å². The van der Waals surface area contributed by atoms with Gasteiger partial charge in [0.25, 0.3) is 0 Å². The zero-order valence-electron chi connectivity index (χ0n) is 13.3. The van der Waals surface area contributed by atoms with Gasteiger partial charge < -0.3 is 20.4 Å². The third-order valence-corrected chi connectivity index (χ3v) is 3.59.